The van der Waals surface area contributed by atoms with Gasteiger partial charge in [0.25, 0.3) is 0 Å². The molecule has 1 atom stereocenters. The second-order valence-corrected chi connectivity index (χ2v) is 5.88. The molecule has 2 rings (SSSR count). The van der Waals surface area contributed by atoms with Crippen molar-refractivity contribution in [3.63, 3.8) is 0 Å². The minimum Gasteiger partial charge on any atom is -0.496 e. The van der Waals surface area contributed by atoms with Crippen molar-refractivity contribution >= 4 is 0 Å². The quantitative estimate of drug-likeness (QED) is 0.888. The average Bonchev–Trinajstić information content (AvgIpc) is 2.37. The first-order chi connectivity index (χ1) is 9.04. The molecule has 0 aromatic heterocycles. The molecule has 1 aliphatic heterocycles. The SMILES string of the molecule is COc1ccc(C2(CC(C)CN)COC2)c(C)c1C. The van der Waals surface area contributed by atoms with Crippen LogP contribution >= 0.6 is 0 Å². The van der Waals surface area contributed by atoms with Gasteiger partial charge in [-0.15, -0.1) is 0 Å². The summed E-state index contributed by atoms with van der Waals surface area (Å²) < 4.78 is 10.9. The zero-order valence-electron chi connectivity index (χ0n) is 12.5. The van der Waals surface area contributed by atoms with E-state index in [2.05, 4.69) is 32.9 Å². The van der Waals surface area contributed by atoms with Crippen molar-refractivity contribution in [2.24, 2.45) is 11.7 Å². The fraction of sp³-hybridized carbons (Fsp3) is 0.625. The van der Waals surface area contributed by atoms with Crippen LogP contribution in [0.2, 0.25) is 0 Å². The maximum absolute atomic E-state index is 5.79. The van der Waals surface area contributed by atoms with Crippen molar-refractivity contribution < 1.29 is 9.47 Å². The zero-order chi connectivity index (χ0) is 14.0. The number of hydrogen-bond acceptors (Lipinski definition) is 3. The Balaban J connectivity index is 2.36. The fourth-order valence-corrected chi connectivity index (χ4v) is 3.07. The molecule has 3 nitrogen and oxygen atoms in total. The molecule has 3 heteroatoms. The van der Waals surface area contributed by atoms with Crippen molar-refractivity contribution in [3.8, 4) is 5.75 Å². The molecule has 0 radical (unpaired) electrons. The van der Waals surface area contributed by atoms with Crippen molar-refractivity contribution in [1.29, 1.82) is 0 Å². The molecule has 1 fully saturated rings. The molecule has 1 saturated heterocycles. The summed E-state index contributed by atoms with van der Waals surface area (Å²) in [5.74, 6) is 1.48. The van der Waals surface area contributed by atoms with Crippen LogP contribution < -0.4 is 10.5 Å². The van der Waals surface area contributed by atoms with Crippen LogP contribution in [0.3, 0.4) is 0 Å². The van der Waals surface area contributed by atoms with Gasteiger partial charge in [0.2, 0.25) is 0 Å². The first kappa shape index (κ1) is 14.4. The van der Waals surface area contributed by atoms with E-state index in [1.807, 2.05) is 0 Å². The molecule has 1 aliphatic rings. The molecule has 19 heavy (non-hydrogen) atoms. The summed E-state index contributed by atoms with van der Waals surface area (Å²) in [7, 11) is 1.72. The van der Waals surface area contributed by atoms with Gasteiger partial charge < -0.3 is 15.2 Å². The van der Waals surface area contributed by atoms with E-state index in [9.17, 15) is 0 Å². The fourth-order valence-electron chi connectivity index (χ4n) is 3.07. The summed E-state index contributed by atoms with van der Waals surface area (Å²) >= 11 is 0. The van der Waals surface area contributed by atoms with E-state index in [1.54, 1.807) is 7.11 Å². The Kier molecular flexibility index (Phi) is 4.16. The lowest BCUT2D eigenvalue weighted by Crippen LogP contribution is -2.49. The molecule has 1 aromatic rings. The Bertz CT molecular complexity index is 452. The highest BCUT2D eigenvalue weighted by molar-refractivity contribution is 5.47. The third-order valence-electron chi connectivity index (χ3n) is 4.43. The Labute approximate surface area is 116 Å². The smallest absolute Gasteiger partial charge is 0.122 e. The molecule has 0 aliphatic carbocycles. The van der Waals surface area contributed by atoms with Gasteiger partial charge in [0.15, 0.2) is 0 Å². The summed E-state index contributed by atoms with van der Waals surface area (Å²) in [6, 6.07) is 4.28. The maximum atomic E-state index is 5.79. The zero-order valence-corrected chi connectivity index (χ0v) is 12.5. The molecule has 1 aromatic carbocycles. The van der Waals surface area contributed by atoms with Crippen molar-refractivity contribution in [2.75, 3.05) is 26.9 Å². The third-order valence-corrected chi connectivity index (χ3v) is 4.43. The van der Waals surface area contributed by atoms with Crippen LogP contribution in [0.1, 0.15) is 30.0 Å². The highest BCUT2D eigenvalue weighted by atomic mass is 16.5. The molecule has 106 valence electrons. The van der Waals surface area contributed by atoms with Gasteiger partial charge in [-0.3, -0.25) is 0 Å². The van der Waals surface area contributed by atoms with Gasteiger partial charge in [0, 0.05) is 5.41 Å². The van der Waals surface area contributed by atoms with Gasteiger partial charge in [0.05, 0.1) is 20.3 Å². The summed E-state index contributed by atoms with van der Waals surface area (Å²) in [5.41, 5.74) is 9.90. The van der Waals surface area contributed by atoms with E-state index >= 15 is 0 Å². The van der Waals surface area contributed by atoms with Crippen LogP contribution in [0.5, 0.6) is 5.75 Å². The summed E-state index contributed by atoms with van der Waals surface area (Å²) in [6.07, 6.45) is 1.09. The van der Waals surface area contributed by atoms with Crippen molar-refractivity contribution in [1.82, 2.24) is 0 Å². The number of nitrogens with two attached hydrogens (primary N) is 1. The minimum absolute atomic E-state index is 0.153. The van der Waals surface area contributed by atoms with Crippen LogP contribution in [-0.4, -0.2) is 26.9 Å². The van der Waals surface area contributed by atoms with Gasteiger partial charge in [-0.25, -0.2) is 0 Å². The first-order valence-corrected chi connectivity index (χ1v) is 6.96. The lowest BCUT2D eigenvalue weighted by atomic mass is 9.70. The Morgan fingerprint density at radius 1 is 1.32 bits per heavy atom. The molecular weight excluding hydrogens is 238 g/mol. The van der Waals surface area contributed by atoms with Gasteiger partial charge in [-0.05, 0) is 55.5 Å². The molecule has 0 saturated carbocycles. The van der Waals surface area contributed by atoms with E-state index in [0.29, 0.717) is 5.92 Å². The number of ether oxygens (including phenoxy) is 2. The largest absolute Gasteiger partial charge is 0.496 e. The standard InChI is InChI=1S/C16H25NO2/c1-11(8-17)7-16(9-19-10-16)14-5-6-15(18-4)13(3)12(14)2/h5-6,11H,7-10,17H2,1-4H3. The van der Waals surface area contributed by atoms with Crippen molar-refractivity contribution in [3.05, 3.63) is 28.8 Å². The Morgan fingerprint density at radius 3 is 2.47 bits per heavy atom. The third kappa shape index (κ3) is 2.49. The second-order valence-electron chi connectivity index (χ2n) is 5.88. The average molecular weight is 263 g/mol. The molecule has 1 heterocycles. The lowest BCUT2D eigenvalue weighted by molar-refractivity contribution is -0.0705. The first-order valence-electron chi connectivity index (χ1n) is 6.96. The van der Waals surface area contributed by atoms with Crippen LogP contribution in [0, 0.1) is 19.8 Å². The van der Waals surface area contributed by atoms with Gasteiger partial charge in [-0.2, -0.15) is 0 Å². The van der Waals surface area contributed by atoms with E-state index < -0.39 is 0 Å². The molecule has 0 amide bonds. The van der Waals surface area contributed by atoms with Gasteiger partial charge in [0.1, 0.15) is 5.75 Å². The van der Waals surface area contributed by atoms with Crippen molar-refractivity contribution in [2.45, 2.75) is 32.6 Å². The number of rotatable bonds is 5. The second kappa shape index (κ2) is 5.51. The van der Waals surface area contributed by atoms with E-state index in [0.717, 1.165) is 31.9 Å². The predicted octanol–water partition coefficient (Wildman–Crippen LogP) is 2.56. The summed E-state index contributed by atoms with van der Waals surface area (Å²) in [4.78, 5) is 0. The van der Waals surface area contributed by atoms with Gasteiger partial charge in [-0.1, -0.05) is 13.0 Å². The summed E-state index contributed by atoms with van der Waals surface area (Å²) in [6.45, 7) is 8.87. The highest BCUT2D eigenvalue weighted by Crippen LogP contribution is 2.41. The summed E-state index contributed by atoms with van der Waals surface area (Å²) in [5, 5.41) is 0. The molecule has 0 spiro atoms. The topological polar surface area (TPSA) is 44.5 Å². The van der Waals surface area contributed by atoms with Crippen LogP contribution in [-0.2, 0) is 10.2 Å². The van der Waals surface area contributed by atoms with Gasteiger partial charge >= 0.3 is 0 Å². The van der Waals surface area contributed by atoms with Crippen LogP contribution in [0.25, 0.3) is 0 Å². The van der Waals surface area contributed by atoms with E-state index in [1.165, 1.54) is 16.7 Å². The molecule has 1 unspecified atom stereocenters. The molecule has 2 N–H and O–H groups in total. The maximum Gasteiger partial charge on any atom is 0.122 e. The van der Waals surface area contributed by atoms with Crippen LogP contribution in [0.4, 0.5) is 0 Å². The number of benzene rings is 1. The van der Waals surface area contributed by atoms with E-state index in [-0.39, 0.29) is 5.41 Å². The monoisotopic (exact) mass is 263 g/mol. The Morgan fingerprint density at radius 2 is 2.00 bits per heavy atom. The predicted molar refractivity (Wildman–Crippen MR) is 77.8 cm³/mol. The highest BCUT2D eigenvalue weighted by Gasteiger charge is 2.42. The van der Waals surface area contributed by atoms with E-state index in [4.69, 9.17) is 15.2 Å². The molecular formula is C16H25NO2. The molecule has 0 bridgehead atoms. The number of hydrogen-bond donors (Lipinski definition) is 1. The lowest BCUT2D eigenvalue weighted by Gasteiger charge is -2.44. The number of methoxy groups -OCH3 is 1. The minimum atomic E-state index is 0.153. The van der Waals surface area contributed by atoms with Crippen LogP contribution in [0.15, 0.2) is 12.1 Å². The normalized spacial score (nSPS) is 18.8. The Hall–Kier alpha value is -1.06.